The van der Waals surface area contributed by atoms with Gasteiger partial charge >= 0.3 is 0 Å². The summed E-state index contributed by atoms with van der Waals surface area (Å²) >= 11 is 5.86. The number of nitrogens with one attached hydrogen (secondary N) is 2. The topological polar surface area (TPSA) is 61.4 Å². The van der Waals surface area contributed by atoms with Crippen molar-refractivity contribution in [1.82, 2.24) is 15.5 Å². The van der Waals surface area contributed by atoms with Crippen LogP contribution in [-0.4, -0.2) is 48.4 Å². The summed E-state index contributed by atoms with van der Waals surface area (Å²) in [5.41, 5.74) is 0.497. The molecule has 0 spiro atoms. The van der Waals surface area contributed by atoms with Crippen LogP contribution in [0.3, 0.4) is 0 Å². The monoisotopic (exact) mass is 379 g/mol. The Morgan fingerprint density at radius 1 is 1.15 bits per heavy atom. The lowest BCUT2D eigenvalue weighted by Gasteiger charge is -2.28. The summed E-state index contributed by atoms with van der Waals surface area (Å²) in [6.07, 6.45) is 3.47. The van der Waals surface area contributed by atoms with Gasteiger partial charge in [0.05, 0.1) is 0 Å². The van der Waals surface area contributed by atoms with Crippen molar-refractivity contribution >= 4 is 23.4 Å². The summed E-state index contributed by atoms with van der Waals surface area (Å²) in [6, 6.07) is 6.46. The maximum atomic E-state index is 12.7. The van der Waals surface area contributed by atoms with Crippen molar-refractivity contribution in [2.24, 2.45) is 5.92 Å². The van der Waals surface area contributed by atoms with Gasteiger partial charge in [0.2, 0.25) is 5.91 Å². The van der Waals surface area contributed by atoms with Gasteiger partial charge in [-0.15, -0.1) is 0 Å². The molecule has 144 valence electrons. The molecule has 2 unspecified atom stereocenters. The quantitative estimate of drug-likeness (QED) is 0.729. The van der Waals surface area contributed by atoms with E-state index in [1.54, 1.807) is 24.3 Å². The highest BCUT2D eigenvalue weighted by Crippen LogP contribution is 2.14. The molecule has 2 rings (SSSR count). The fraction of sp³-hybridized carbons (Fsp3) is 0.600. The predicted octanol–water partition coefficient (Wildman–Crippen LogP) is 3.09. The minimum absolute atomic E-state index is 0.00175. The molecule has 5 nitrogen and oxygen atoms in total. The van der Waals surface area contributed by atoms with Crippen molar-refractivity contribution in [2.45, 2.75) is 52.1 Å². The zero-order valence-corrected chi connectivity index (χ0v) is 16.7. The molecule has 1 aromatic carbocycles. The van der Waals surface area contributed by atoms with E-state index in [2.05, 4.69) is 22.5 Å². The molecular formula is C20H30ClN3O2. The van der Waals surface area contributed by atoms with Crippen LogP contribution in [0.5, 0.6) is 0 Å². The molecule has 1 aliphatic heterocycles. The highest BCUT2D eigenvalue weighted by Gasteiger charge is 2.26. The number of amides is 2. The molecular weight excluding hydrogens is 350 g/mol. The van der Waals surface area contributed by atoms with Gasteiger partial charge in [0.1, 0.15) is 6.04 Å². The Labute approximate surface area is 161 Å². The summed E-state index contributed by atoms with van der Waals surface area (Å²) in [7, 11) is 0. The van der Waals surface area contributed by atoms with Gasteiger partial charge in [-0.1, -0.05) is 32.4 Å². The normalized spacial score (nSPS) is 17.1. The van der Waals surface area contributed by atoms with Gasteiger partial charge in [-0.25, -0.2) is 0 Å². The van der Waals surface area contributed by atoms with E-state index in [0.717, 1.165) is 19.5 Å². The standard InChI is InChI=1S/C20H30ClN3O2/c1-4-17(24-11-5-6-12-24)13-22-20(26)18(14(2)3)23-19(25)15-7-9-16(21)10-8-15/h7-10,14,17-18H,4-6,11-13H2,1-3H3,(H,22,26)(H,23,25). The van der Waals surface area contributed by atoms with Crippen LogP contribution in [0, 0.1) is 5.92 Å². The zero-order chi connectivity index (χ0) is 19.1. The highest BCUT2D eigenvalue weighted by atomic mass is 35.5. The van der Waals surface area contributed by atoms with Gasteiger partial charge in [0, 0.05) is 23.2 Å². The first-order chi connectivity index (χ1) is 12.4. The smallest absolute Gasteiger partial charge is 0.251 e. The third-order valence-corrected chi connectivity index (χ3v) is 5.23. The molecule has 26 heavy (non-hydrogen) atoms. The number of carbonyl (C=O) groups is 2. The molecule has 2 atom stereocenters. The third kappa shape index (κ3) is 5.71. The Balaban J connectivity index is 1.93. The summed E-state index contributed by atoms with van der Waals surface area (Å²) in [5.74, 6) is -0.389. The highest BCUT2D eigenvalue weighted by molar-refractivity contribution is 6.30. The number of carbonyl (C=O) groups excluding carboxylic acids is 2. The Morgan fingerprint density at radius 3 is 2.31 bits per heavy atom. The second-order valence-electron chi connectivity index (χ2n) is 7.25. The van der Waals surface area contributed by atoms with E-state index >= 15 is 0 Å². The lowest BCUT2D eigenvalue weighted by Crippen LogP contribution is -2.52. The molecule has 0 aromatic heterocycles. The first kappa shape index (κ1) is 20.7. The first-order valence-corrected chi connectivity index (χ1v) is 9.88. The van der Waals surface area contributed by atoms with Crippen LogP contribution >= 0.6 is 11.6 Å². The summed E-state index contributed by atoms with van der Waals surface area (Å²) in [4.78, 5) is 27.6. The van der Waals surface area contributed by atoms with Gasteiger partial charge in [-0.2, -0.15) is 0 Å². The molecule has 1 saturated heterocycles. The van der Waals surface area contributed by atoms with Gasteiger partial charge in [-0.05, 0) is 62.5 Å². The van der Waals surface area contributed by atoms with Crippen molar-refractivity contribution in [3.05, 3.63) is 34.9 Å². The van der Waals surface area contributed by atoms with Gasteiger partial charge < -0.3 is 10.6 Å². The molecule has 1 aliphatic rings. The number of hydrogen-bond acceptors (Lipinski definition) is 3. The molecule has 0 radical (unpaired) electrons. The van der Waals surface area contributed by atoms with Crippen molar-refractivity contribution in [2.75, 3.05) is 19.6 Å². The molecule has 1 fully saturated rings. The fourth-order valence-electron chi connectivity index (χ4n) is 3.33. The van der Waals surface area contributed by atoms with Crippen LogP contribution in [0.15, 0.2) is 24.3 Å². The van der Waals surface area contributed by atoms with Crippen molar-refractivity contribution in [3.8, 4) is 0 Å². The molecule has 1 aromatic rings. The van der Waals surface area contributed by atoms with Crippen LogP contribution in [0.2, 0.25) is 5.02 Å². The van der Waals surface area contributed by atoms with Crippen molar-refractivity contribution < 1.29 is 9.59 Å². The van der Waals surface area contributed by atoms with Crippen molar-refractivity contribution in [1.29, 1.82) is 0 Å². The molecule has 1 heterocycles. The van der Waals surface area contributed by atoms with Crippen LogP contribution in [0.4, 0.5) is 0 Å². The van der Waals surface area contributed by atoms with Crippen molar-refractivity contribution in [3.63, 3.8) is 0 Å². The largest absolute Gasteiger partial charge is 0.353 e. The number of likely N-dealkylation sites (tertiary alicyclic amines) is 1. The van der Waals surface area contributed by atoms with Crippen LogP contribution in [0.25, 0.3) is 0 Å². The second kappa shape index (κ2) is 9.93. The SMILES string of the molecule is CCC(CNC(=O)C(NC(=O)c1ccc(Cl)cc1)C(C)C)N1CCCC1. The molecule has 0 bridgehead atoms. The summed E-state index contributed by atoms with van der Waals surface area (Å²) in [6.45, 7) is 8.85. The van der Waals surface area contributed by atoms with Gasteiger partial charge in [0.15, 0.2) is 0 Å². The number of halogens is 1. The Kier molecular flexibility index (Phi) is 7.91. The van der Waals surface area contributed by atoms with Crippen LogP contribution < -0.4 is 10.6 Å². The van der Waals surface area contributed by atoms with Gasteiger partial charge in [-0.3, -0.25) is 14.5 Å². The maximum absolute atomic E-state index is 12.7. The second-order valence-corrected chi connectivity index (χ2v) is 7.69. The molecule has 0 saturated carbocycles. The van der Waals surface area contributed by atoms with E-state index in [1.165, 1.54) is 12.8 Å². The summed E-state index contributed by atoms with van der Waals surface area (Å²) in [5, 5.41) is 6.47. The Morgan fingerprint density at radius 2 is 1.77 bits per heavy atom. The number of hydrogen-bond donors (Lipinski definition) is 2. The summed E-state index contributed by atoms with van der Waals surface area (Å²) < 4.78 is 0. The van der Waals surface area contributed by atoms with E-state index in [-0.39, 0.29) is 17.7 Å². The van der Waals surface area contributed by atoms with Crippen LogP contribution in [-0.2, 0) is 4.79 Å². The van der Waals surface area contributed by atoms with E-state index in [9.17, 15) is 9.59 Å². The minimum atomic E-state index is -0.561. The number of nitrogens with zero attached hydrogens (tertiary/aromatic N) is 1. The van der Waals surface area contributed by atoms with E-state index in [4.69, 9.17) is 11.6 Å². The Bertz CT molecular complexity index is 598. The molecule has 6 heteroatoms. The first-order valence-electron chi connectivity index (χ1n) is 9.50. The van der Waals surface area contributed by atoms with E-state index in [0.29, 0.717) is 23.2 Å². The maximum Gasteiger partial charge on any atom is 0.251 e. The van der Waals surface area contributed by atoms with E-state index < -0.39 is 6.04 Å². The van der Waals surface area contributed by atoms with Crippen LogP contribution in [0.1, 0.15) is 50.4 Å². The predicted molar refractivity (Wildman–Crippen MR) is 105 cm³/mol. The molecule has 2 amide bonds. The number of rotatable bonds is 8. The van der Waals surface area contributed by atoms with Gasteiger partial charge in [0.25, 0.3) is 5.91 Å². The van der Waals surface area contributed by atoms with E-state index in [1.807, 2.05) is 13.8 Å². The average molecular weight is 380 g/mol. The lowest BCUT2D eigenvalue weighted by molar-refractivity contribution is -0.124. The number of benzene rings is 1. The molecule has 0 aliphatic carbocycles. The lowest BCUT2D eigenvalue weighted by atomic mass is 10.0. The molecule has 2 N–H and O–H groups in total. The average Bonchev–Trinajstić information content (AvgIpc) is 3.14. The minimum Gasteiger partial charge on any atom is -0.353 e. The Hall–Kier alpha value is -1.59. The fourth-order valence-corrected chi connectivity index (χ4v) is 3.45. The zero-order valence-electron chi connectivity index (χ0n) is 15.9. The third-order valence-electron chi connectivity index (χ3n) is 4.98.